The minimum atomic E-state index is 0.656. The van der Waals surface area contributed by atoms with E-state index in [9.17, 15) is 0 Å². The molecule has 0 aromatic rings. The van der Waals surface area contributed by atoms with Gasteiger partial charge in [-0.3, -0.25) is 4.90 Å². The quantitative estimate of drug-likeness (QED) is 0.565. The van der Waals surface area contributed by atoms with Crippen molar-refractivity contribution in [1.82, 2.24) is 4.90 Å². The van der Waals surface area contributed by atoms with E-state index in [1.54, 1.807) is 0 Å². The van der Waals surface area contributed by atoms with Gasteiger partial charge in [-0.1, -0.05) is 18.2 Å². The van der Waals surface area contributed by atoms with E-state index in [1.165, 1.54) is 25.8 Å². The van der Waals surface area contributed by atoms with Crippen LogP contribution in [-0.2, 0) is 0 Å². The first kappa shape index (κ1) is 8.06. The van der Waals surface area contributed by atoms with E-state index < -0.39 is 0 Å². The van der Waals surface area contributed by atoms with Gasteiger partial charge in [0.15, 0.2) is 0 Å². The molecule has 0 unspecified atom stereocenters. The van der Waals surface area contributed by atoms with Gasteiger partial charge in [-0.25, -0.2) is 0 Å². The molecule has 0 bridgehead atoms. The van der Waals surface area contributed by atoms with E-state index in [0.717, 1.165) is 12.5 Å². The molecule has 2 atom stereocenters. The fraction of sp³-hybridized carbons (Fsp3) is 0.636. The van der Waals surface area contributed by atoms with Crippen molar-refractivity contribution in [3.63, 3.8) is 0 Å². The van der Waals surface area contributed by atoms with Crippen molar-refractivity contribution in [2.75, 3.05) is 6.54 Å². The smallest absolute Gasteiger partial charge is 0.0315 e. The van der Waals surface area contributed by atoms with Gasteiger partial charge in [0.2, 0.25) is 0 Å². The van der Waals surface area contributed by atoms with Gasteiger partial charge < -0.3 is 0 Å². The largest absolute Gasteiger partial charge is 0.293 e. The van der Waals surface area contributed by atoms with Crippen LogP contribution in [-0.4, -0.2) is 23.5 Å². The molecule has 0 radical (unpaired) electrons. The Morgan fingerprint density at radius 1 is 1.58 bits per heavy atom. The summed E-state index contributed by atoms with van der Waals surface area (Å²) in [6.45, 7) is 5.11. The molecule has 2 rings (SSSR count). The topological polar surface area (TPSA) is 3.24 Å². The highest BCUT2D eigenvalue weighted by atomic mass is 15.2. The lowest BCUT2D eigenvalue weighted by Crippen LogP contribution is -2.39. The van der Waals surface area contributed by atoms with Crippen LogP contribution in [0.2, 0.25) is 0 Å². The molecule has 2 heterocycles. The molecule has 0 saturated carbocycles. The molecule has 1 saturated heterocycles. The molecule has 12 heavy (non-hydrogen) atoms. The number of fused-ring (bicyclic) bond motifs is 1. The highest BCUT2D eigenvalue weighted by Crippen LogP contribution is 2.28. The van der Waals surface area contributed by atoms with Crippen LogP contribution in [0.4, 0.5) is 0 Å². The monoisotopic (exact) mass is 163 g/mol. The molecule has 0 aromatic carbocycles. The third-order valence-electron chi connectivity index (χ3n) is 3.02. The van der Waals surface area contributed by atoms with Crippen LogP contribution in [0.5, 0.6) is 0 Å². The third kappa shape index (κ3) is 1.34. The molecule has 2 aliphatic rings. The zero-order valence-corrected chi connectivity index (χ0v) is 7.58. The second-order valence-corrected chi connectivity index (χ2v) is 3.79. The summed E-state index contributed by atoms with van der Waals surface area (Å²) in [7, 11) is 0. The first-order valence-electron chi connectivity index (χ1n) is 4.95. The zero-order valence-electron chi connectivity index (χ0n) is 7.58. The number of nitrogens with zero attached hydrogens (tertiary/aromatic N) is 1. The summed E-state index contributed by atoms with van der Waals surface area (Å²) in [6, 6.07) is 1.50. The molecule has 66 valence electrons. The lowest BCUT2D eigenvalue weighted by atomic mass is 10.0. The summed E-state index contributed by atoms with van der Waals surface area (Å²) in [5.74, 6) is 0. The van der Waals surface area contributed by atoms with Gasteiger partial charge in [0.25, 0.3) is 0 Å². The standard InChI is InChI=1S/C11H17N/c1-2-5-10-6-3-7-11-8-4-9-12(10)11/h2-3,6,10-11H,1,4-5,7-9H2/t10-,11+/m0/s1. The second-order valence-electron chi connectivity index (χ2n) is 3.79. The van der Waals surface area contributed by atoms with Crippen molar-refractivity contribution in [3.05, 3.63) is 24.8 Å². The Hall–Kier alpha value is -0.560. The van der Waals surface area contributed by atoms with Crippen LogP contribution in [0.15, 0.2) is 24.8 Å². The number of rotatable bonds is 2. The Balaban J connectivity index is 2.06. The molecule has 1 nitrogen and oxygen atoms in total. The van der Waals surface area contributed by atoms with Gasteiger partial charge in [-0.15, -0.1) is 6.58 Å². The lowest BCUT2D eigenvalue weighted by Gasteiger charge is -2.33. The molecule has 0 amide bonds. The lowest BCUT2D eigenvalue weighted by molar-refractivity contribution is 0.201. The van der Waals surface area contributed by atoms with Crippen molar-refractivity contribution >= 4 is 0 Å². The van der Waals surface area contributed by atoms with E-state index in [4.69, 9.17) is 0 Å². The van der Waals surface area contributed by atoms with Crippen molar-refractivity contribution in [2.24, 2.45) is 0 Å². The zero-order chi connectivity index (χ0) is 8.39. The maximum atomic E-state index is 3.81. The molecular formula is C11H17N. The van der Waals surface area contributed by atoms with E-state index >= 15 is 0 Å². The fourth-order valence-electron chi connectivity index (χ4n) is 2.44. The maximum absolute atomic E-state index is 3.81. The molecule has 1 heteroatoms. The minimum absolute atomic E-state index is 0.656. The predicted octanol–water partition coefficient (Wildman–Crippen LogP) is 2.36. The summed E-state index contributed by atoms with van der Waals surface area (Å²) < 4.78 is 0. The molecule has 0 N–H and O–H groups in total. The normalized spacial score (nSPS) is 35.0. The van der Waals surface area contributed by atoms with Gasteiger partial charge >= 0.3 is 0 Å². The average Bonchev–Trinajstić information content (AvgIpc) is 2.53. The Kier molecular flexibility index (Phi) is 2.31. The van der Waals surface area contributed by atoms with E-state index in [2.05, 4.69) is 23.6 Å². The van der Waals surface area contributed by atoms with Crippen LogP contribution < -0.4 is 0 Å². The van der Waals surface area contributed by atoms with Gasteiger partial charge in [0, 0.05) is 12.1 Å². The highest BCUT2D eigenvalue weighted by molar-refractivity contribution is 5.07. The van der Waals surface area contributed by atoms with E-state index in [0.29, 0.717) is 6.04 Å². The highest BCUT2D eigenvalue weighted by Gasteiger charge is 2.30. The van der Waals surface area contributed by atoms with Crippen molar-refractivity contribution in [3.8, 4) is 0 Å². The van der Waals surface area contributed by atoms with Crippen LogP contribution in [0, 0.1) is 0 Å². The van der Waals surface area contributed by atoms with Gasteiger partial charge in [0.1, 0.15) is 0 Å². The van der Waals surface area contributed by atoms with Crippen LogP contribution in [0.3, 0.4) is 0 Å². The van der Waals surface area contributed by atoms with Gasteiger partial charge in [0.05, 0.1) is 0 Å². The van der Waals surface area contributed by atoms with Crippen molar-refractivity contribution in [2.45, 2.75) is 37.8 Å². The maximum Gasteiger partial charge on any atom is 0.0315 e. The summed E-state index contributed by atoms with van der Waals surface area (Å²) in [6.07, 6.45) is 11.9. The second kappa shape index (κ2) is 3.44. The van der Waals surface area contributed by atoms with Gasteiger partial charge in [-0.2, -0.15) is 0 Å². The minimum Gasteiger partial charge on any atom is -0.293 e. The average molecular weight is 163 g/mol. The Morgan fingerprint density at radius 2 is 2.50 bits per heavy atom. The molecule has 2 aliphatic heterocycles. The SMILES string of the molecule is C=CC[C@H]1C=CC[C@@H]2CCCN21. The molecule has 1 fully saturated rings. The first-order chi connectivity index (χ1) is 5.92. The molecule has 0 aliphatic carbocycles. The van der Waals surface area contributed by atoms with Gasteiger partial charge in [-0.05, 0) is 32.2 Å². The summed E-state index contributed by atoms with van der Waals surface area (Å²) in [4.78, 5) is 2.64. The van der Waals surface area contributed by atoms with Crippen molar-refractivity contribution in [1.29, 1.82) is 0 Å². The predicted molar refractivity (Wildman–Crippen MR) is 52.1 cm³/mol. The molecule has 0 spiro atoms. The van der Waals surface area contributed by atoms with Crippen LogP contribution >= 0.6 is 0 Å². The number of hydrogen-bond donors (Lipinski definition) is 0. The van der Waals surface area contributed by atoms with E-state index in [1.807, 2.05) is 6.08 Å². The Bertz CT molecular complexity index is 195. The summed E-state index contributed by atoms with van der Waals surface area (Å²) in [5.41, 5.74) is 0. The molecule has 0 aromatic heterocycles. The fourth-order valence-corrected chi connectivity index (χ4v) is 2.44. The Labute approximate surface area is 74.8 Å². The van der Waals surface area contributed by atoms with Crippen LogP contribution in [0.1, 0.15) is 25.7 Å². The van der Waals surface area contributed by atoms with E-state index in [-0.39, 0.29) is 0 Å². The number of hydrogen-bond acceptors (Lipinski definition) is 1. The van der Waals surface area contributed by atoms with Crippen molar-refractivity contribution < 1.29 is 0 Å². The first-order valence-corrected chi connectivity index (χ1v) is 4.95. The third-order valence-corrected chi connectivity index (χ3v) is 3.02. The van der Waals surface area contributed by atoms with Crippen LogP contribution in [0.25, 0.3) is 0 Å². The molecular weight excluding hydrogens is 146 g/mol. The summed E-state index contributed by atoms with van der Waals surface area (Å²) in [5, 5.41) is 0. The Morgan fingerprint density at radius 3 is 3.33 bits per heavy atom. The summed E-state index contributed by atoms with van der Waals surface area (Å²) >= 11 is 0.